The summed E-state index contributed by atoms with van der Waals surface area (Å²) in [6.07, 6.45) is 1.67. The fraction of sp³-hybridized carbons (Fsp3) is 0.0625. The van der Waals surface area contributed by atoms with Crippen LogP contribution in [0.1, 0.15) is 5.56 Å². The van der Waals surface area contributed by atoms with Crippen LogP contribution in [0.3, 0.4) is 0 Å². The van der Waals surface area contributed by atoms with Crippen LogP contribution >= 0.6 is 0 Å². The first-order valence-corrected chi connectivity index (χ1v) is 6.47. The van der Waals surface area contributed by atoms with Gasteiger partial charge in [0.2, 0.25) is 0 Å². The largest absolute Gasteiger partial charge is 0.343 e. The molecule has 0 aliphatic heterocycles. The molecule has 5 nitrogen and oxygen atoms in total. The van der Waals surface area contributed by atoms with Crippen molar-refractivity contribution in [2.45, 2.75) is 6.54 Å². The zero-order valence-corrected chi connectivity index (χ0v) is 11.1. The fourth-order valence-electron chi connectivity index (χ4n) is 2.40. The van der Waals surface area contributed by atoms with E-state index in [4.69, 9.17) is 0 Å². The van der Waals surface area contributed by atoms with Gasteiger partial charge >= 0.3 is 0 Å². The second-order valence-corrected chi connectivity index (χ2v) is 4.71. The lowest BCUT2D eigenvalue weighted by atomic mass is 10.1. The molecule has 3 rings (SSSR count). The van der Waals surface area contributed by atoms with Crippen molar-refractivity contribution in [3.63, 3.8) is 0 Å². The molecule has 5 heteroatoms. The van der Waals surface area contributed by atoms with E-state index in [9.17, 15) is 14.9 Å². The molecule has 0 N–H and O–H groups in total. The van der Waals surface area contributed by atoms with Gasteiger partial charge in [0.05, 0.1) is 17.0 Å². The van der Waals surface area contributed by atoms with Crippen LogP contribution in [0.15, 0.2) is 65.6 Å². The molecule has 21 heavy (non-hydrogen) atoms. The normalized spacial score (nSPS) is 10.7. The minimum atomic E-state index is -0.389. The summed E-state index contributed by atoms with van der Waals surface area (Å²) >= 11 is 0. The molecule has 0 spiro atoms. The van der Waals surface area contributed by atoms with Crippen molar-refractivity contribution >= 4 is 16.6 Å². The number of hydrogen-bond donors (Lipinski definition) is 0. The van der Waals surface area contributed by atoms with E-state index >= 15 is 0 Å². The monoisotopic (exact) mass is 280 g/mol. The van der Waals surface area contributed by atoms with Crippen LogP contribution in [0, 0.1) is 10.1 Å². The number of hydrogen-bond acceptors (Lipinski definition) is 3. The second kappa shape index (κ2) is 5.20. The summed E-state index contributed by atoms with van der Waals surface area (Å²) in [5, 5.41) is 11.7. The number of benzene rings is 2. The third-order valence-electron chi connectivity index (χ3n) is 3.41. The predicted octanol–water partition coefficient (Wildman–Crippen LogP) is 2.96. The maximum Gasteiger partial charge on any atom is 0.274 e. The van der Waals surface area contributed by atoms with Crippen LogP contribution in [0.4, 0.5) is 5.69 Å². The van der Waals surface area contributed by atoms with Gasteiger partial charge < -0.3 is 4.57 Å². The zero-order chi connectivity index (χ0) is 14.8. The number of aromatic nitrogens is 1. The topological polar surface area (TPSA) is 65.1 Å². The molecule has 0 fully saturated rings. The molecule has 0 saturated carbocycles. The molecule has 0 aliphatic carbocycles. The highest BCUT2D eigenvalue weighted by atomic mass is 16.6. The van der Waals surface area contributed by atoms with Gasteiger partial charge in [-0.2, -0.15) is 0 Å². The average Bonchev–Trinajstić information content (AvgIpc) is 2.51. The van der Waals surface area contributed by atoms with Gasteiger partial charge in [0.25, 0.3) is 5.69 Å². The third-order valence-corrected chi connectivity index (χ3v) is 3.41. The molecule has 2 aromatic carbocycles. The molecule has 1 aromatic heterocycles. The Bertz CT molecular complexity index is 884. The number of nitrogens with zero attached hydrogens (tertiary/aromatic N) is 2. The summed E-state index contributed by atoms with van der Waals surface area (Å²) < 4.78 is 1.85. The van der Waals surface area contributed by atoms with E-state index < -0.39 is 0 Å². The second-order valence-electron chi connectivity index (χ2n) is 4.71. The van der Waals surface area contributed by atoms with Crippen molar-refractivity contribution < 1.29 is 4.92 Å². The van der Waals surface area contributed by atoms with E-state index in [0.29, 0.717) is 17.5 Å². The first kappa shape index (κ1) is 13.1. The molecule has 0 amide bonds. The van der Waals surface area contributed by atoms with Gasteiger partial charge in [-0.1, -0.05) is 30.3 Å². The Labute approximate surface area is 120 Å². The van der Waals surface area contributed by atoms with E-state index in [-0.39, 0.29) is 16.0 Å². The van der Waals surface area contributed by atoms with Gasteiger partial charge in [0.1, 0.15) is 0 Å². The molecular weight excluding hydrogens is 268 g/mol. The van der Waals surface area contributed by atoms with E-state index in [1.165, 1.54) is 12.1 Å². The van der Waals surface area contributed by atoms with Crippen LogP contribution in [0.5, 0.6) is 0 Å². The van der Waals surface area contributed by atoms with E-state index in [0.717, 1.165) is 5.52 Å². The minimum absolute atomic E-state index is 0.0515. The number of rotatable bonds is 3. The van der Waals surface area contributed by atoms with Crippen molar-refractivity contribution in [3.05, 3.63) is 86.7 Å². The quantitative estimate of drug-likeness (QED) is 0.547. The van der Waals surface area contributed by atoms with Gasteiger partial charge in [-0.05, 0) is 12.1 Å². The van der Waals surface area contributed by atoms with E-state index in [2.05, 4.69) is 0 Å². The van der Waals surface area contributed by atoms with Gasteiger partial charge in [-0.3, -0.25) is 14.9 Å². The molecule has 104 valence electrons. The molecule has 3 aromatic rings. The van der Waals surface area contributed by atoms with Crippen molar-refractivity contribution in [2.75, 3.05) is 0 Å². The fourth-order valence-corrected chi connectivity index (χ4v) is 2.40. The highest BCUT2D eigenvalue weighted by molar-refractivity contribution is 5.78. The van der Waals surface area contributed by atoms with Gasteiger partial charge in [-0.25, -0.2) is 0 Å². The van der Waals surface area contributed by atoms with Crippen LogP contribution in [-0.2, 0) is 6.54 Å². The Hall–Kier alpha value is -2.95. The van der Waals surface area contributed by atoms with Crippen LogP contribution in [0.25, 0.3) is 10.9 Å². The Morgan fingerprint density at radius 2 is 1.71 bits per heavy atom. The Morgan fingerprint density at radius 3 is 2.52 bits per heavy atom. The third kappa shape index (κ3) is 2.41. The Kier molecular flexibility index (Phi) is 3.23. The van der Waals surface area contributed by atoms with Crippen molar-refractivity contribution in [2.24, 2.45) is 0 Å². The average molecular weight is 280 g/mol. The molecule has 0 aliphatic rings. The van der Waals surface area contributed by atoms with Crippen LogP contribution in [0.2, 0.25) is 0 Å². The zero-order valence-electron chi connectivity index (χ0n) is 11.1. The van der Waals surface area contributed by atoms with E-state index in [1.807, 2.05) is 16.7 Å². The Balaban J connectivity index is 2.14. The number of nitro benzene ring substituents is 1. The van der Waals surface area contributed by atoms with Crippen molar-refractivity contribution in [3.8, 4) is 0 Å². The SMILES string of the molecule is O=c1ccn(Cc2ccccc2[N+](=O)[O-])c2ccccc12. The predicted molar refractivity (Wildman–Crippen MR) is 80.4 cm³/mol. The van der Waals surface area contributed by atoms with Crippen LogP contribution in [-0.4, -0.2) is 9.49 Å². The van der Waals surface area contributed by atoms with Crippen molar-refractivity contribution in [1.82, 2.24) is 4.57 Å². The molecule has 0 unspecified atom stereocenters. The molecule has 0 atom stereocenters. The highest BCUT2D eigenvalue weighted by Gasteiger charge is 2.13. The first-order valence-electron chi connectivity index (χ1n) is 6.47. The molecule has 0 saturated heterocycles. The maximum absolute atomic E-state index is 11.8. The van der Waals surface area contributed by atoms with Gasteiger partial charge in [0, 0.05) is 29.3 Å². The van der Waals surface area contributed by atoms with Gasteiger partial charge in [-0.15, -0.1) is 0 Å². The minimum Gasteiger partial charge on any atom is -0.343 e. The summed E-state index contributed by atoms with van der Waals surface area (Å²) in [5.41, 5.74) is 1.41. The summed E-state index contributed by atoms with van der Waals surface area (Å²) in [7, 11) is 0. The summed E-state index contributed by atoms with van der Waals surface area (Å²) in [4.78, 5) is 22.5. The van der Waals surface area contributed by atoms with Crippen molar-refractivity contribution in [1.29, 1.82) is 0 Å². The lowest BCUT2D eigenvalue weighted by Gasteiger charge is -2.10. The molecular formula is C16H12N2O3. The molecule has 0 radical (unpaired) electrons. The molecule has 1 heterocycles. The smallest absolute Gasteiger partial charge is 0.274 e. The highest BCUT2D eigenvalue weighted by Crippen LogP contribution is 2.20. The number of nitro groups is 1. The lowest BCUT2D eigenvalue weighted by Crippen LogP contribution is -2.09. The summed E-state index contributed by atoms with van der Waals surface area (Å²) in [6.45, 7) is 0.345. The van der Waals surface area contributed by atoms with Crippen LogP contribution < -0.4 is 5.43 Å². The Morgan fingerprint density at radius 1 is 1.00 bits per heavy atom. The summed E-state index contributed by atoms with van der Waals surface area (Å²) in [6, 6.07) is 15.4. The number of para-hydroxylation sites is 2. The first-order chi connectivity index (χ1) is 10.2. The summed E-state index contributed by atoms with van der Waals surface area (Å²) in [5.74, 6) is 0. The molecule has 0 bridgehead atoms. The standard InChI is InChI=1S/C16H12N2O3/c19-16-9-10-17(15-8-4-2-6-13(15)16)11-12-5-1-3-7-14(12)18(20)21/h1-10H,11H2. The van der Waals surface area contributed by atoms with Gasteiger partial charge in [0.15, 0.2) is 5.43 Å². The van der Waals surface area contributed by atoms with E-state index in [1.54, 1.807) is 36.5 Å². The maximum atomic E-state index is 11.8. The number of pyridine rings is 1. The number of fused-ring (bicyclic) bond motifs is 1. The lowest BCUT2D eigenvalue weighted by molar-refractivity contribution is -0.385.